The van der Waals surface area contributed by atoms with Crippen molar-refractivity contribution in [3.05, 3.63) is 24.4 Å². The zero-order chi connectivity index (χ0) is 15.8. The van der Waals surface area contributed by atoms with Gasteiger partial charge in [0.15, 0.2) is 5.82 Å². The van der Waals surface area contributed by atoms with E-state index in [2.05, 4.69) is 30.6 Å². The highest BCUT2D eigenvalue weighted by Gasteiger charge is 2.38. The fraction of sp³-hybridized carbons (Fsp3) is 0.625. The van der Waals surface area contributed by atoms with Crippen LogP contribution in [-0.2, 0) is 4.74 Å². The fourth-order valence-electron chi connectivity index (χ4n) is 3.81. The van der Waals surface area contributed by atoms with E-state index in [-0.39, 0.29) is 12.7 Å². The van der Waals surface area contributed by atoms with Gasteiger partial charge in [-0.05, 0) is 19.8 Å². The Bertz CT molecular complexity index is 667. The Labute approximate surface area is 135 Å². The van der Waals surface area contributed by atoms with Gasteiger partial charge in [-0.2, -0.15) is 0 Å². The lowest BCUT2D eigenvalue weighted by Gasteiger charge is -2.34. The molecule has 2 aromatic rings. The Morgan fingerprint density at radius 3 is 3.04 bits per heavy atom. The van der Waals surface area contributed by atoms with E-state index in [1.165, 1.54) is 0 Å². The molecule has 2 aliphatic rings. The smallest absolute Gasteiger partial charge is 0.160 e. The predicted octanol–water partition coefficient (Wildman–Crippen LogP) is 0.978. The standard InChI is InChI=1S/C16H23N5O2/c1-11-15(19-10-18-11)16-17-3-4-21(16)12-6-13-9-23-14(2-5-22)8-20(13)7-12/h3-4,10,12-14,22H,2,5-9H2,1H3,(H,18,19)/t12-,13-,14-/m0/s1. The van der Waals surface area contributed by atoms with Gasteiger partial charge < -0.3 is 19.4 Å². The van der Waals surface area contributed by atoms with Gasteiger partial charge in [-0.25, -0.2) is 9.97 Å². The van der Waals surface area contributed by atoms with Gasteiger partial charge in [0.25, 0.3) is 0 Å². The predicted molar refractivity (Wildman–Crippen MR) is 85.0 cm³/mol. The highest BCUT2D eigenvalue weighted by atomic mass is 16.5. The van der Waals surface area contributed by atoms with Crippen LogP contribution in [0, 0.1) is 6.92 Å². The minimum Gasteiger partial charge on any atom is -0.396 e. The molecule has 0 bridgehead atoms. The summed E-state index contributed by atoms with van der Waals surface area (Å²) in [6.07, 6.45) is 7.57. The van der Waals surface area contributed by atoms with Crippen molar-refractivity contribution in [1.29, 1.82) is 0 Å². The van der Waals surface area contributed by atoms with E-state index in [0.717, 1.165) is 49.8 Å². The van der Waals surface area contributed by atoms with Gasteiger partial charge >= 0.3 is 0 Å². The van der Waals surface area contributed by atoms with E-state index < -0.39 is 0 Å². The molecule has 23 heavy (non-hydrogen) atoms. The Morgan fingerprint density at radius 1 is 1.35 bits per heavy atom. The van der Waals surface area contributed by atoms with Crippen molar-refractivity contribution in [3.8, 4) is 11.5 Å². The third kappa shape index (κ3) is 2.69. The topological polar surface area (TPSA) is 79.2 Å². The van der Waals surface area contributed by atoms with Crippen molar-refractivity contribution < 1.29 is 9.84 Å². The largest absolute Gasteiger partial charge is 0.396 e. The number of hydrogen-bond donors (Lipinski definition) is 2. The zero-order valence-electron chi connectivity index (χ0n) is 13.4. The first-order chi connectivity index (χ1) is 11.3. The molecule has 3 atom stereocenters. The normalized spacial score (nSPS) is 28.2. The summed E-state index contributed by atoms with van der Waals surface area (Å²) in [5.74, 6) is 0.932. The maximum atomic E-state index is 9.11. The summed E-state index contributed by atoms with van der Waals surface area (Å²) in [5.41, 5.74) is 1.97. The van der Waals surface area contributed by atoms with Crippen LogP contribution in [0.5, 0.6) is 0 Å². The van der Waals surface area contributed by atoms with Gasteiger partial charge in [0, 0.05) is 49.9 Å². The molecule has 0 radical (unpaired) electrons. The number of morpholine rings is 1. The summed E-state index contributed by atoms with van der Waals surface area (Å²) in [5, 5.41) is 9.11. The summed E-state index contributed by atoms with van der Waals surface area (Å²) < 4.78 is 8.13. The molecule has 2 saturated heterocycles. The molecule has 0 saturated carbocycles. The molecule has 0 spiro atoms. The van der Waals surface area contributed by atoms with E-state index in [1.807, 2.05) is 13.1 Å². The number of aryl methyl sites for hydroxylation is 1. The molecule has 0 amide bonds. The summed E-state index contributed by atoms with van der Waals surface area (Å²) in [7, 11) is 0. The fourth-order valence-corrected chi connectivity index (χ4v) is 3.81. The molecule has 4 rings (SSSR count). The zero-order valence-corrected chi connectivity index (χ0v) is 13.4. The minimum absolute atomic E-state index is 0.158. The molecule has 124 valence electrons. The number of nitrogens with one attached hydrogen (secondary N) is 1. The molecule has 0 aromatic carbocycles. The number of hydrogen-bond acceptors (Lipinski definition) is 5. The van der Waals surface area contributed by atoms with Crippen LogP contribution >= 0.6 is 0 Å². The second kappa shape index (κ2) is 6.07. The van der Waals surface area contributed by atoms with Crippen LogP contribution in [0.3, 0.4) is 0 Å². The molecule has 4 heterocycles. The summed E-state index contributed by atoms with van der Waals surface area (Å²) in [6, 6.07) is 0.857. The summed E-state index contributed by atoms with van der Waals surface area (Å²) in [4.78, 5) is 14.6. The average Bonchev–Trinajstić information content (AvgIpc) is 3.24. The molecule has 2 N–H and O–H groups in total. The Kier molecular flexibility index (Phi) is 3.92. The lowest BCUT2D eigenvalue weighted by Crippen LogP contribution is -2.46. The van der Waals surface area contributed by atoms with Crippen molar-refractivity contribution in [2.24, 2.45) is 0 Å². The van der Waals surface area contributed by atoms with Gasteiger partial charge in [-0.1, -0.05) is 0 Å². The maximum absolute atomic E-state index is 9.11. The number of aromatic nitrogens is 4. The Morgan fingerprint density at radius 2 is 2.26 bits per heavy atom. The van der Waals surface area contributed by atoms with Crippen LogP contribution < -0.4 is 0 Å². The number of fused-ring (bicyclic) bond motifs is 1. The van der Waals surface area contributed by atoms with Crippen LogP contribution in [-0.4, -0.2) is 68.0 Å². The van der Waals surface area contributed by atoms with Gasteiger partial charge in [0.1, 0.15) is 5.69 Å². The SMILES string of the molecule is Cc1[nH]cnc1-c1nccn1[C@H]1C[C@H]2CO[C@@H](CCO)CN2C1. The second-order valence-electron chi connectivity index (χ2n) is 6.50. The lowest BCUT2D eigenvalue weighted by molar-refractivity contribution is -0.0567. The third-order valence-electron chi connectivity index (χ3n) is 5.02. The van der Waals surface area contributed by atoms with Crippen LogP contribution in [0.15, 0.2) is 18.7 Å². The van der Waals surface area contributed by atoms with Crippen molar-refractivity contribution >= 4 is 0 Å². The molecule has 7 nitrogen and oxygen atoms in total. The highest BCUT2D eigenvalue weighted by Crippen LogP contribution is 2.33. The minimum atomic E-state index is 0.158. The molecule has 2 fully saturated rings. The molecular weight excluding hydrogens is 294 g/mol. The van der Waals surface area contributed by atoms with Crippen molar-refractivity contribution in [2.45, 2.75) is 38.0 Å². The maximum Gasteiger partial charge on any atom is 0.160 e. The number of H-pyrrole nitrogens is 1. The monoisotopic (exact) mass is 317 g/mol. The Hall–Kier alpha value is -1.70. The average molecular weight is 317 g/mol. The summed E-state index contributed by atoms with van der Waals surface area (Å²) in [6.45, 7) is 4.88. The van der Waals surface area contributed by atoms with Crippen LogP contribution in [0.2, 0.25) is 0 Å². The van der Waals surface area contributed by atoms with Gasteiger partial charge in [0.2, 0.25) is 0 Å². The van der Waals surface area contributed by atoms with Gasteiger partial charge in [-0.15, -0.1) is 0 Å². The van der Waals surface area contributed by atoms with E-state index in [9.17, 15) is 0 Å². The van der Waals surface area contributed by atoms with E-state index in [1.54, 1.807) is 6.33 Å². The first kappa shape index (κ1) is 14.9. The quantitative estimate of drug-likeness (QED) is 0.879. The number of aliphatic hydroxyl groups is 1. The first-order valence-corrected chi connectivity index (χ1v) is 8.26. The molecular formula is C16H23N5O2. The molecule has 0 unspecified atom stereocenters. The van der Waals surface area contributed by atoms with Crippen molar-refractivity contribution in [2.75, 3.05) is 26.3 Å². The van der Waals surface area contributed by atoms with Crippen LogP contribution in [0.1, 0.15) is 24.6 Å². The molecule has 0 aliphatic carbocycles. The second-order valence-corrected chi connectivity index (χ2v) is 6.50. The van der Waals surface area contributed by atoms with E-state index in [0.29, 0.717) is 12.1 Å². The lowest BCUT2D eigenvalue weighted by atomic mass is 10.1. The molecule has 2 aromatic heterocycles. The van der Waals surface area contributed by atoms with Crippen molar-refractivity contribution in [1.82, 2.24) is 24.4 Å². The van der Waals surface area contributed by atoms with E-state index >= 15 is 0 Å². The molecule has 7 heteroatoms. The van der Waals surface area contributed by atoms with Crippen molar-refractivity contribution in [3.63, 3.8) is 0 Å². The number of aromatic amines is 1. The third-order valence-corrected chi connectivity index (χ3v) is 5.02. The summed E-state index contributed by atoms with van der Waals surface area (Å²) >= 11 is 0. The Balaban J connectivity index is 1.53. The number of rotatable bonds is 4. The van der Waals surface area contributed by atoms with E-state index in [4.69, 9.17) is 9.84 Å². The van der Waals surface area contributed by atoms with Crippen LogP contribution in [0.25, 0.3) is 11.5 Å². The first-order valence-electron chi connectivity index (χ1n) is 8.26. The van der Waals surface area contributed by atoms with Crippen LogP contribution in [0.4, 0.5) is 0 Å². The number of ether oxygens (including phenoxy) is 1. The number of nitrogens with zero attached hydrogens (tertiary/aromatic N) is 4. The highest BCUT2D eigenvalue weighted by molar-refractivity contribution is 5.53. The molecule has 2 aliphatic heterocycles. The van der Waals surface area contributed by atoms with Gasteiger partial charge in [0.05, 0.1) is 19.0 Å². The van der Waals surface area contributed by atoms with Gasteiger partial charge in [-0.3, -0.25) is 4.90 Å². The number of aliphatic hydroxyl groups excluding tert-OH is 1. The number of imidazole rings is 2.